The van der Waals surface area contributed by atoms with Gasteiger partial charge in [0.05, 0.1) is 36.4 Å². The van der Waals surface area contributed by atoms with Crippen molar-refractivity contribution in [3.63, 3.8) is 0 Å². The predicted octanol–water partition coefficient (Wildman–Crippen LogP) is 4.68. The molecule has 0 aliphatic carbocycles. The molecule has 0 spiro atoms. The van der Waals surface area contributed by atoms with Gasteiger partial charge in [0.2, 0.25) is 5.91 Å². The second kappa shape index (κ2) is 8.51. The molecule has 0 unspecified atom stereocenters. The van der Waals surface area contributed by atoms with E-state index in [2.05, 4.69) is 26.0 Å². The first-order valence-electron chi connectivity index (χ1n) is 9.96. The molecule has 0 radical (unpaired) electrons. The van der Waals surface area contributed by atoms with Crippen molar-refractivity contribution in [2.45, 2.75) is 39.2 Å². The number of nitrogens with zero attached hydrogens (tertiary/aromatic N) is 2. The lowest BCUT2D eigenvalue weighted by Crippen LogP contribution is -2.38. The molecule has 1 aliphatic heterocycles. The predicted molar refractivity (Wildman–Crippen MR) is 117 cm³/mol. The number of thiazole rings is 1. The fourth-order valence-electron chi connectivity index (χ4n) is 3.77. The molecule has 1 amide bonds. The summed E-state index contributed by atoms with van der Waals surface area (Å²) in [5.41, 5.74) is 4.29. The van der Waals surface area contributed by atoms with Crippen molar-refractivity contribution in [1.29, 1.82) is 0 Å². The number of methoxy groups -OCH3 is 1. The van der Waals surface area contributed by atoms with Crippen LogP contribution >= 0.6 is 11.3 Å². The third-order valence-corrected chi connectivity index (χ3v) is 6.30. The Balaban J connectivity index is 1.63. The molecule has 1 aliphatic rings. The zero-order chi connectivity index (χ0) is 20.4. The number of hydrogen-bond donors (Lipinski definition) is 0. The van der Waals surface area contributed by atoms with Crippen molar-refractivity contribution >= 4 is 32.6 Å². The maximum atomic E-state index is 13.3. The van der Waals surface area contributed by atoms with E-state index in [0.29, 0.717) is 13.0 Å². The second-order valence-electron chi connectivity index (χ2n) is 7.59. The number of amides is 1. The van der Waals surface area contributed by atoms with Crippen LogP contribution in [0.3, 0.4) is 0 Å². The summed E-state index contributed by atoms with van der Waals surface area (Å²) in [4.78, 5) is 19.9. The summed E-state index contributed by atoms with van der Waals surface area (Å²) >= 11 is 1.58. The van der Waals surface area contributed by atoms with Gasteiger partial charge >= 0.3 is 0 Å². The van der Waals surface area contributed by atoms with Crippen LogP contribution in [-0.4, -0.2) is 37.3 Å². The third-order valence-electron chi connectivity index (χ3n) is 5.28. The first-order chi connectivity index (χ1) is 14.0. The zero-order valence-electron chi connectivity index (χ0n) is 17.1. The number of carbonyl (C=O) groups excluding carboxylic acids is 1. The van der Waals surface area contributed by atoms with Crippen molar-refractivity contribution < 1.29 is 14.3 Å². The monoisotopic (exact) mass is 410 g/mol. The SMILES string of the molecule is COc1ccc(CC(=O)N(C[C@@H]2CCCO2)c2nc3c(C)cc(C)cc3s2)cc1. The lowest BCUT2D eigenvalue weighted by molar-refractivity contribution is -0.118. The Morgan fingerprint density at radius 2 is 2.07 bits per heavy atom. The van der Waals surface area contributed by atoms with Crippen LogP contribution in [0.1, 0.15) is 29.5 Å². The minimum absolute atomic E-state index is 0.0408. The van der Waals surface area contributed by atoms with E-state index in [9.17, 15) is 4.79 Å². The number of anilines is 1. The minimum atomic E-state index is 0.0408. The highest BCUT2D eigenvalue weighted by Crippen LogP contribution is 2.33. The largest absolute Gasteiger partial charge is 0.497 e. The molecule has 0 bridgehead atoms. The Hall–Kier alpha value is -2.44. The van der Waals surface area contributed by atoms with Crippen molar-refractivity contribution in [2.75, 3.05) is 25.2 Å². The van der Waals surface area contributed by atoms with Gasteiger partial charge in [0.1, 0.15) is 5.75 Å². The molecule has 0 saturated carbocycles. The molecule has 1 saturated heterocycles. The Morgan fingerprint density at radius 3 is 2.76 bits per heavy atom. The van der Waals surface area contributed by atoms with Gasteiger partial charge in [0.25, 0.3) is 0 Å². The Bertz CT molecular complexity index is 1010. The maximum Gasteiger partial charge on any atom is 0.233 e. The fourth-order valence-corrected chi connectivity index (χ4v) is 4.93. The number of rotatable bonds is 6. The molecule has 1 aromatic heterocycles. The zero-order valence-corrected chi connectivity index (χ0v) is 17.9. The minimum Gasteiger partial charge on any atom is -0.497 e. The van der Waals surface area contributed by atoms with Crippen molar-refractivity contribution in [3.8, 4) is 5.75 Å². The number of fused-ring (bicyclic) bond motifs is 1. The summed E-state index contributed by atoms with van der Waals surface area (Å²) < 4.78 is 12.2. The van der Waals surface area contributed by atoms with Crippen LogP contribution in [0.5, 0.6) is 5.75 Å². The van der Waals surface area contributed by atoms with Crippen LogP contribution in [0.25, 0.3) is 10.2 Å². The molecule has 2 aromatic carbocycles. The van der Waals surface area contributed by atoms with Crippen LogP contribution in [0.15, 0.2) is 36.4 Å². The Morgan fingerprint density at radius 1 is 1.28 bits per heavy atom. The van der Waals surface area contributed by atoms with E-state index < -0.39 is 0 Å². The molecular weight excluding hydrogens is 384 g/mol. The standard InChI is InChI=1S/C23H26N2O3S/c1-15-11-16(2)22-20(12-15)29-23(24-22)25(14-19-5-4-10-28-19)21(26)13-17-6-8-18(27-3)9-7-17/h6-9,11-12,19H,4-5,10,13-14H2,1-3H3/t19-/m0/s1. The smallest absolute Gasteiger partial charge is 0.233 e. The topological polar surface area (TPSA) is 51.7 Å². The summed E-state index contributed by atoms with van der Waals surface area (Å²) in [5, 5.41) is 0.753. The molecule has 0 N–H and O–H groups in total. The van der Waals surface area contributed by atoms with Gasteiger partial charge in [-0.25, -0.2) is 4.98 Å². The van der Waals surface area contributed by atoms with Gasteiger partial charge < -0.3 is 9.47 Å². The normalized spacial score (nSPS) is 16.3. The highest BCUT2D eigenvalue weighted by atomic mass is 32.1. The third kappa shape index (κ3) is 4.43. The van der Waals surface area contributed by atoms with Crippen LogP contribution < -0.4 is 9.64 Å². The van der Waals surface area contributed by atoms with Crippen LogP contribution in [0.4, 0.5) is 5.13 Å². The number of aryl methyl sites for hydroxylation is 2. The molecule has 5 nitrogen and oxygen atoms in total. The Kier molecular flexibility index (Phi) is 5.83. The molecule has 4 rings (SSSR count). The van der Waals surface area contributed by atoms with Gasteiger partial charge in [-0.15, -0.1) is 0 Å². The number of aromatic nitrogens is 1. The number of carbonyl (C=O) groups is 1. The average molecular weight is 411 g/mol. The van der Waals surface area contributed by atoms with Crippen molar-refractivity contribution in [1.82, 2.24) is 4.98 Å². The van der Waals surface area contributed by atoms with Crippen LogP contribution in [-0.2, 0) is 16.0 Å². The van der Waals surface area contributed by atoms with Gasteiger partial charge in [0, 0.05) is 6.61 Å². The lowest BCUT2D eigenvalue weighted by Gasteiger charge is -2.23. The van der Waals surface area contributed by atoms with Gasteiger partial charge in [-0.3, -0.25) is 9.69 Å². The summed E-state index contributed by atoms with van der Waals surface area (Å²) in [7, 11) is 1.64. The van der Waals surface area contributed by atoms with E-state index in [0.717, 1.165) is 51.7 Å². The number of hydrogen-bond acceptors (Lipinski definition) is 5. The van der Waals surface area contributed by atoms with E-state index in [1.165, 1.54) is 5.56 Å². The van der Waals surface area contributed by atoms with Gasteiger partial charge in [0.15, 0.2) is 5.13 Å². The first kappa shape index (κ1) is 19.9. The van der Waals surface area contributed by atoms with E-state index in [4.69, 9.17) is 14.5 Å². The molecule has 2 heterocycles. The molecule has 152 valence electrons. The van der Waals surface area contributed by atoms with Crippen molar-refractivity contribution in [3.05, 3.63) is 53.1 Å². The van der Waals surface area contributed by atoms with E-state index in [1.807, 2.05) is 29.2 Å². The molecule has 1 atom stereocenters. The lowest BCUT2D eigenvalue weighted by atomic mass is 10.1. The van der Waals surface area contributed by atoms with Crippen LogP contribution in [0.2, 0.25) is 0 Å². The van der Waals surface area contributed by atoms with Crippen molar-refractivity contribution in [2.24, 2.45) is 0 Å². The molecule has 1 fully saturated rings. The highest BCUT2D eigenvalue weighted by Gasteiger charge is 2.26. The van der Waals surface area contributed by atoms with Crippen LogP contribution in [0, 0.1) is 13.8 Å². The second-order valence-corrected chi connectivity index (χ2v) is 8.60. The van der Waals surface area contributed by atoms with Gasteiger partial charge in [-0.2, -0.15) is 0 Å². The highest BCUT2D eigenvalue weighted by molar-refractivity contribution is 7.22. The number of ether oxygens (including phenoxy) is 2. The summed E-state index contributed by atoms with van der Waals surface area (Å²) in [6, 6.07) is 11.9. The molecule has 6 heteroatoms. The van der Waals surface area contributed by atoms with E-state index in [-0.39, 0.29) is 12.0 Å². The average Bonchev–Trinajstić information content (AvgIpc) is 3.36. The first-order valence-corrected chi connectivity index (χ1v) is 10.8. The van der Waals surface area contributed by atoms with Gasteiger partial charge in [-0.05, 0) is 61.6 Å². The molecule has 3 aromatic rings. The molecule has 29 heavy (non-hydrogen) atoms. The number of benzene rings is 2. The van der Waals surface area contributed by atoms with E-state index >= 15 is 0 Å². The molecular formula is C23H26N2O3S. The fraction of sp³-hybridized carbons (Fsp3) is 0.391. The summed E-state index contributed by atoms with van der Waals surface area (Å²) in [6.45, 7) is 5.48. The quantitative estimate of drug-likeness (QED) is 0.592. The maximum absolute atomic E-state index is 13.3. The van der Waals surface area contributed by atoms with E-state index in [1.54, 1.807) is 18.4 Å². The summed E-state index contributed by atoms with van der Waals surface area (Å²) in [5.74, 6) is 0.827. The summed E-state index contributed by atoms with van der Waals surface area (Å²) in [6.07, 6.45) is 2.42. The Labute approximate surface area is 175 Å². The van der Waals surface area contributed by atoms with Gasteiger partial charge in [-0.1, -0.05) is 29.5 Å².